The van der Waals surface area contributed by atoms with E-state index in [9.17, 15) is 19.5 Å². The Hall–Kier alpha value is -2.44. The smallest absolute Gasteiger partial charge is 0.315 e. The van der Waals surface area contributed by atoms with E-state index < -0.39 is 35.2 Å². The summed E-state index contributed by atoms with van der Waals surface area (Å²) in [6, 6.07) is 1.61. The number of carboxylic acids is 3. The Bertz CT molecular complexity index is 672. The van der Waals surface area contributed by atoms with Crippen LogP contribution in [0.3, 0.4) is 0 Å². The molecule has 0 aliphatic rings. The van der Waals surface area contributed by atoms with E-state index in [1.54, 1.807) is 33.8 Å². The van der Waals surface area contributed by atoms with Gasteiger partial charge in [0.25, 0.3) is 0 Å². The summed E-state index contributed by atoms with van der Waals surface area (Å²) < 4.78 is 0. The minimum absolute atomic E-state index is 0.186. The number of aromatic nitrogens is 1. The Morgan fingerprint density at radius 2 is 1.52 bits per heavy atom. The van der Waals surface area contributed by atoms with Gasteiger partial charge in [-0.25, -0.2) is 0 Å². The fourth-order valence-electron chi connectivity index (χ4n) is 2.48. The highest BCUT2D eigenvalue weighted by Crippen LogP contribution is 2.29. The number of rotatable bonds is 9. The Kier molecular flexibility index (Phi) is 6.67. The van der Waals surface area contributed by atoms with Gasteiger partial charge in [-0.2, -0.15) is 0 Å². The van der Waals surface area contributed by atoms with Crippen molar-refractivity contribution in [3.63, 3.8) is 0 Å². The largest absolute Gasteiger partial charge is 0.481 e. The van der Waals surface area contributed by atoms with E-state index in [0.717, 1.165) is 0 Å². The SMILES string of the molecule is CCC(C)(C(=O)O)c1cc(CC(C)C(=O)O)c(CC(C)C(=O)O)cn1. The zero-order valence-corrected chi connectivity index (χ0v) is 14.9. The molecule has 0 fully saturated rings. The lowest BCUT2D eigenvalue weighted by Crippen LogP contribution is -2.33. The normalized spacial score (nSPS) is 15.8. The van der Waals surface area contributed by atoms with Crippen LogP contribution in [0.15, 0.2) is 12.3 Å². The van der Waals surface area contributed by atoms with Gasteiger partial charge in [-0.1, -0.05) is 20.8 Å². The van der Waals surface area contributed by atoms with Crippen molar-refractivity contribution in [1.29, 1.82) is 0 Å². The second-order valence-corrected chi connectivity index (χ2v) is 6.72. The van der Waals surface area contributed by atoms with Crippen molar-refractivity contribution in [2.45, 2.75) is 52.4 Å². The number of hydrogen-bond donors (Lipinski definition) is 3. The molecule has 7 nitrogen and oxygen atoms in total. The predicted molar refractivity (Wildman–Crippen MR) is 90.5 cm³/mol. The highest BCUT2D eigenvalue weighted by Gasteiger charge is 2.35. The van der Waals surface area contributed by atoms with E-state index in [1.807, 2.05) is 0 Å². The summed E-state index contributed by atoms with van der Waals surface area (Å²) in [5.74, 6) is -4.25. The number of hydrogen-bond acceptors (Lipinski definition) is 4. The standard InChI is InChI=1S/C18H25NO6/c1-5-18(4,17(24)25)14-8-12(6-10(2)15(20)21)13(9-19-14)7-11(3)16(22)23/h8-11H,5-7H2,1-4H3,(H,20,21)(H,22,23)(H,24,25). The second-order valence-electron chi connectivity index (χ2n) is 6.72. The topological polar surface area (TPSA) is 125 Å². The molecule has 0 radical (unpaired) electrons. The fourth-order valence-corrected chi connectivity index (χ4v) is 2.48. The third-order valence-electron chi connectivity index (χ3n) is 4.72. The molecule has 1 aromatic heterocycles. The lowest BCUT2D eigenvalue weighted by Gasteiger charge is -2.24. The van der Waals surface area contributed by atoms with Gasteiger partial charge in [0.05, 0.1) is 17.5 Å². The third-order valence-corrected chi connectivity index (χ3v) is 4.72. The molecular weight excluding hydrogens is 326 g/mol. The Labute approximate surface area is 146 Å². The summed E-state index contributed by atoms with van der Waals surface area (Å²) in [5.41, 5.74) is 0.435. The van der Waals surface area contributed by atoms with Crippen molar-refractivity contribution in [3.05, 3.63) is 29.1 Å². The monoisotopic (exact) mass is 351 g/mol. The molecule has 0 amide bonds. The molecule has 3 unspecified atom stereocenters. The molecule has 25 heavy (non-hydrogen) atoms. The van der Waals surface area contributed by atoms with Crippen LogP contribution in [-0.2, 0) is 32.6 Å². The molecule has 7 heteroatoms. The van der Waals surface area contributed by atoms with Gasteiger partial charge >= 0.3 is 17.9 Å². The first-order valence-electron chi connectivity index (χ1n) is 8.20. The summed E-state index contributed by atoms with van der Waals surface area (Å²) in [7, 11) is 0. The third kappa shape index (κ3) is 4.78. The first-order valence-corrected chi connectivity index (χ1v) is 8.20. The fraction of sp³-hybridized carbons (Fsp3) is 0.556. The van der Waals surface area contributed by atoms with E-state index in [0.29, 0.717) is 23.2 Å². The van der Waals surface area contributed by atoms with Crippen molar-refractivity contribution < 1.29 is 29.7 Å². The number of aliphatic carboxylic acids is 3. The van der Waals surface area contributed by atoms with Crippen LogP contribution in [0, 0.1) is 11.8 Å². The van der Waals surface area contributed by atoms with E-state index >= 15 is 0 Å². The van der Waals surface area contributed by atoms with Crippen LogP contribution in [0.2, 0.25) is 0 Å². The lowest BCUT2D eigenvalue weighted by atomic mass is 9.81. The van der Waals surface area contributed by atoms with Crippen molar-refractivity contribution in [2.24, 2.45) is 11.8 Å². The van der Waals surface area contributed by atoms with E-state index in [2.05, 4.69) is 4.98 Å². The molecule has 138 valence electrons. The molecule has 1 rings (SSSR count). The van der Waals surface area contributed by atoms with Gasteiger partial charge in [0, 0.05) is 6.20 Å². The van der Waals surface area contributed by atoms with Crippen LogP contribution >= 0.6 is 0 Å². The van der Waals surface area contributed by atoms with Crippen molar-refractivity contribution in [2.75, 3.05) is 0 Å². The molecule has 3 N–H and O–H groups in total. The van der Waals surface area contributed by atoms with Crippen molar-refractivity contribution in [1.82, 2.24) is 4.98 Å². The van der Waals surface area contributed by atoms with Gasteiger partial charge in [0.2, 0.25) is 0 Å². The van der Waals surface area contributed by atoms with Crippen LogP contribution in [-0.4, -0.2) is 38.2 Å². The molecule has 0 saturated heterocycles. The Morgan fingerprint density at radius 1 is 1.04 bits per heavy atom. The van der Waals surface area contributed by atoms with Gasteiger partial charge in [0.1, 0.15) is 5.41 Å². The molecule has 1 heterocycles. The molecule has 0 aliphatic heterocycles. The van der Waals surface area contributed by atoms with Crippen LogP contribution in [0.5, 0.6) is 0 Å². The van der Waals surface area contributed by atoms with Crippen LogP contribution in [0.25, 0.3) is 0 Å². The maximum Gasteiger partial charge on any atom is 0.315 e. The molecule has 0 aromatic carbocycles. The van der Waals surface area contributed by atoms with E-state index in [-0.39, 0.29) is 12.8 Å². The summed E-state index contributed by atoms with van der Waals surface area (Å²) in [4.78, 5) is 38.2. The first kappa shape index (κ1) is 20.6. The highest BCUT2D eigenvalue weighted by atomic mass is 16.4. The molecular formula is C18H25NO6. The predicted octanol–water partition coefficient (Wildman–Crippen LogP) is 2.36. The number of pyridine rings is 1. The Morgan fingerprint density at radius 3 is 1.92 bits per heavy atom. The van der Waals surface area contributed by atoms with Gasteiger partial charge in [0.15, 0.2) is 0 Å². The van der Waals surface area contributed by atoms with Gasteiger partial charge in [-0.15, -0.1) is 0 Å². The average molecular weight is 351 g/mol. The maximum absolute atomic E-state index is 11.6. The Balaban J connectivity index is 3.37. The average Bonchev–Trinajstić information content (AvgIpc) is 2.54. The lowest BCUT2D eigenvalue weighted by molar-refractivity contribution is -0.144. The van der Waals surface area contributed by atoms with Crippen LogP contribution in [0.1, 0.15) is 50.9 Å². The number of carbonyl (C=O) groups is 3. The van der Waals surface area contributed by atoms with Gasteiger partial charge < -0.3 is 15.3 Å². The van der Waals surface area contributed by atoms with E-state index in [4.69, 9.17) is 10.2 Å². The first-order chi connectivity index (χ1) is 11.5. The summed E-state index contributed by atoms with van der Waals surface area (Å²) in [6.45, 7) is 6.44. The quantitative estimate of drug-likeness (QED) is 0.623. The van der Waals surface area contributed by atoms with E-state index in [1.165, 1.54) is 6.20 Å². The minimum Gasteiger partial charge on any atom is -0.481 e. The molecule has 3 atom stereocenters. The van der Waals surface area contributed by atoms with Crippen molar-refractivity contribution in [3.8, 4) is 0 Å². The summed E-state index contributed by atoms with van der Waals surface area (Å²) >= 11 is 0. The van der Waals surface area contributed by atoms with Crippen LogP contribution in [0.4, 0.5) is 0 Å². The maximum atomic E-state index is 11.6. The zero-order valence-electron chi connectivity index (χ0n) is 14.9. The zero-order chi connectivity index (χ0) is 19.4. The van der Waals surface area contributed by atoms with Gasteiger partial charge in [-0.3, -0.25) is 19.4 Å². The van der Waals surface area contributed by atoms with Crippen molar-refractivity contribution >= 4 is 17.9 Å². The molecule has 1 aromatic rings. The molecule has 0 spiro atoms. The summed E-state index contributed by atoms with van der Waals surface area (Å²) in [6.07, 6.45) is 2.20. The second kappa shape index (κ2) is 8.09. The molecule has 0 aliphatic carbocycles. The number of nitrogens with zero attached hydrogens (tertiary/aromatic N) is 1. The molecule has 0 bridgehead atoms. The van der Waals surface area contributed by atoms with Crippen LogP contribution < -0.4 is 0 Å². The summed E-state index contributed by atoms with van der Waals surface area (Å²) in [5, 5.41) is 27.8. The minimum atomic E-state index is -1.18. The molecule has 0 saturated carbocycles. The highest BCUT2D eigenvalue weighted by molar-refractivity contribution is 5.80. The van der Waals surface area contributed by atoms with Gasteiger partial charge in [-0.05, 0) is 43.4 Å². The number of carboxylic acid groups (broad SMARTS) is 3.